The number of rotatable bonds is 3. The minimum atomic E-state index is -0.658. The standard InChI is InChI=1S/C13H7Cl2FOS/c14-10-7-11(15)12(16)6-9(10)13(17)4-3-8-2-1-5-18-8/h1-7H. The van der Waals surface area contributed by atoms with Crippen LogP contribution in [0.3, 0.4) is 0 Å². The molecule has 0 N–H and O–H groups in total. The number of carbonyl (C=O) groups is 1. The molecule has 2 rings (SSSR count). The van der Waals surface area contributed by atoms with Gasteiger partial charge in [-0.25, -0.2) is 4.39 Å². The predicted molar refractivity (Wildman–Crippen MR) is 74.1 cm³/mol. The minimum Gasteiger partial charge on any atom is -0.289 e. The molecule has 1 aromatic carbocycles. The summed E-state index contributed by atoms with van der Waals surface area (Å²) in [4.78, 5) is 12.8. The van der Waals surface area contributed by atoms with E-state index in [-0.39, 0.29) is 21.4 Å². The van der Waals surface area contributed by atoms with Gasteiger partial charge >= 0.3 is 0 Å². The molecule has 0 aliphatic carbocycles. The third-order valence-corrected chi connectivity index (χ3v) is 3.66. The smallest absolute Gasteiger partial charge is 0.187 e. The van der Waals surface area contributed by atoms with E-state index in [0.717, 1.165) is 10.9 Å². The number of hydrogen-bond acceptors (Lipinski definition) is 2. The van der Waals surface area contributed by atoms with Gasteiger partial charge in [-0.3, -0.25) is 4.79 Å². The lowest BCUT2D eigenvalue weighted by Gasteiger charge is -2.01. The summed E-state index contributed by atoms with van der Waals surface area (Å²) in [5, 5.41) is 1.94. The van der Waals surface area contributed by atoms with Gasteiger partial charge < -0.3 is 0 Å². The zero-order chi connectivity index (χ0) is 13.1. The van der Waals surface area contributed by atoms with Crippen molar-refractivity contribution in [3.8, 4) is 0 Å². The van der Waals surface area contributed by atoms with Gasteiger partial charge in [0, 0.05) is 10.4 Å². The van der Waals surface area contributed by atoms with E-state index in [4.69, 9.17) is 23.2 Å². The van der Waals surface area contributed by atoms with E-state index in [1.54, 1.807) is 6.08 Å². The molecule has 18 heavy (non-hydrogen) atoms. The largest absolute Gasteiger partial charge is 0.289 e. The lowest BCUT2D eigenvalue weighted by Crippen LogP contribution is -1.97. The third-order valence-electron chi connectivity index (χ3n) is 2.22. The Bertz CT molecular complexity index is 606. The highest BCUT2D eigenvalue weighted by Crippen LogP contribution is 2.25. The van der Waals surface area contributed by atoms with Crippen LogP contribution in [0.5, 0.6) is 0 Å². The molecule has 0 saturated heterocycles. The average molecular weight is 301 g/mol. The van der Waals surface area contributed by atoms with Crippen LogP contribution >= 0.6 is 34.5 Å². The molecule has 0 radical (unpaired) electrons. The fraction of sp³-hybridized carbons (Fsp3) is 0. The van der Waals surface area contributed by atoms with Crippen molar-refractivity contribution >= 4 is 46.4 Å². The first kappa shape index (κ1) is 13.3. The number of thiophene rings is 1. The maximum atomic E-state index is 13.3. The Hall–Kier alpha value is -1.16. The van der Waals surface area contributed by atoms with Crippen LogP contribution in [0.1, 0.15) is 15.2 Å². The minimum absolute atomic E-state index is 0.0983. The Morgan fingerprint density at radius 1 is 1.28 bits per heavy atom. The van der Waals surface area contributed by atoms with Crippen molar-refractivity contribution in [2.45, 2.75) is 0 Å². The summed E-state index contributed by atoms with van der Waals surface area (Å²) in [6, 6.07) is 6.03. The summed E-state index contributed by atoms with van der Waals surface area (Å²) in [6.07, 6.45) is 3.02. The van der Waals surface area contributed by atoms with Crippen LogP contribution in [0.25, 0.3) is 6.08 Å². The highest BCUT2D eigenvalue weighted by Gasteiger charge is 2.11. The molecule has 0 unspecified atom stereocenters. The molecule has 0 bridgehead atoms. The molecule has 92 valence electrons. The van der Waals surface area contributed by atoms with Gasteiger partial charge in [0.05, 0.1) is 10.0 Å². The molecule has 0 spiro atoms. The Morgan fingerprint density at radius 3 is 2.72 bits per heavy atom. The second kappa shape index (κ2) is 5.65. The van der Waals surface area contributed by atoms with Gasteiger partial charge in [-0.15, -0.1) is 11.3 Å². The predicted octanol–water partition coefficient (Wildman–Crippen LogP) is 5.09. The van der Waals surface area contributed by atoms with Crippen molar-refractivity contribution in [3.63, 3.8) is 0 Å². The van der Waals surface area contributed by atoms with Crippen molar-refractivity contribution in [2.24, 2.45) is 0 Å². The number of benzene rings is 1. The number of halogens is 3. The normalized spacial score (nSPS) is 11.1. The molecule has 0 saturated carbocycles. The molecule has 0 fully saturated rings. The van der Waals surface area contributed by atoms with Crippen molar-refractivity contribution in [1.29, 1.82) is 0 Å². The van der Waals surface area contributed by atoms with E-state index in [2.05, 4.69) is 0 Å². The SMILES string of the molecule is O=C(C=Cc1cccs1)c1cc(F)c(Cl)cc1Cl. The van der Waals surface area contributed by atoms with Gasteiger partial charge in [-0.1, -0.05) is 29.3 Å². The highest BCUT2D eigenvalue weighted by molar-refractivity contribution is 7.10. The lowest BCUT2D eigenvalue weighted by atomic mass is 10.1. The van der Waals surface area contributed by atoms with Crippen molar-refractivity contribution in [2.75, 3.05) is 0 Å². The van der Waals surface area contributed by atoms with Crippen LogP contribution in [-0.2, 0) is 0 Å². The number of allylic oxidation sites excluding steroid dienone is 1. The van der Waals surface area contributed by atoms with E-state index in [0.29, 0.717) is 0 Å². The van der Waals surface area contributed by atoms with E-state index < -0.39 is 5.82 Å². The second-order valence-electron chi connectivity index (χ2n) is 3.46. The lowest BCUT2D eigenvalue weighted by molar-refractivity contribution is 0.104. The van der Waals surface area contributed by atoms with E-state index in [1.165, 1.54) is 23.5 Å². The Labute approximate surface area is 117 Å². The average Bonchev–Trinajstić information content (AvgIpc) is 2.84. The van der Waals surface area contributed by atoms with Crippen LogP contribution < -0.4 is 0 Å². The zero-order valence-corrected chi connectivity index (χ0v) is 11.3. The molecule has 1 heterocycles. The summed E-state index contributed by atoms with van der Waals surface area (Å²) in [7, 11) is 0. The first-order valence-corrected chi connectivity index (χ1v) is 6.62. The van der Waals surface area contributed by atoms with Crippen LogP contribution in [-0.4, -0.2) is 5.78 Å². The van der Waals surface area contributed by atoms with Gasteiger partial charge in [0.2, 0.25) is 0 Å². The van der Waals surface area contributed by atoms with Crippen molar-refractivity contribution < 1.29 is 9.18 Å². The summed E-state index contributed by atoms with van der Waals surface area (Å²) < 4.78 is 13.3. The van der Waals surface area contributed by atoms with Crippen LogP contribution in [0.2, 0.25) is 10.0 Å². The van der Waals surface area contributed by atoms with E-state index in [9.17, 15) is 9.18 Å². The van der Waals surface area contributed by atoms with Crippen LogP contribution in [0.4, 0.5) is 4.39 Å². The molecular weight excluding hydrogens is 294 g/mol. The topological polar surface area (TPSA) is 17.1 Å². The monoisotopic (exact) mass is 300 g/mol. The number of hydrogen-bond donors (Lipinski definition) is 0. The zero-order valence-electron chi connectivity index (χ0n) is 8.99. The second-order valence-corrected chi connectivity index (χ2v) is 5.25. The molecular formula is C13H7Cl2FOS. The molecule has 1 nitrogen and oxygen atoms in total. The summed E-state index contributed by atoms with van der Waals surface area (Å²) in [6.45, 7) is 0. The van der Waals surface area contributed by atoms with Crippen LogP contribution in [0.15, 0.2) is 35.7 Å². The summed E-state index contributed by atoms with van der Waals surface area (Å²) in [5.74, 6) is -1.02. The van der Waals surface area contributed by atoms with E-state index in [1.807, 2.05) is 17.5 Å². The summed E-state index contributed by atoms with van der Waals surface area (Å²) >= 11 is 12.9. The maximum Gasteiger partial charge on any atom is 0.187 e. The molecule has 0 amide bonds. The number of ketones is 1. The van der Waals surface area contributed by atoms with Crippen molar-refractivity contribution in [3.05, 3.63) is 62.0 Å². The molecule has 0 aliphatic heterocycles. The van der Waals surface area contributed by atoms with Gasteiger partial charge in [0.15, 0.2) is 5.78 Å². The Kier molecular flexibility index (Phi) is 4.17. The van der Waals surface area contributed by atoms with Crippen LogP contribution in [0, 0.1) is 5.82 Å². The fourth-order valence-electron chi connectivity index (χ4n) is 1.35. The molecule has 2 aromatic rings. The Morgan fingerprint density at radius 2 is 2.06 bits per heavy atom. The molecule has 0 aliphatic rings. The van der Waals surface area contributed by atoms with Gasteiger partial charge in [-0.2, -0.15) is 0 Å². The molecule has 1 aromatic heterocycles. The molecule has 0 atom stereocenters. The van der Waals surface area contributed by atoms with Gasteiger partial charge in [0.1, 0.15) is 5.82 Å². The molecule has 5 heteroatoms. The quantitative estimate of drug-likeness (QED) is 0.438. The first-order chi connectivity index (χ1) is 8.58. The number of carbonyl (C=O) groups excluding carboxylic acids is 1. The summed E-state index contributed by atoms with van der Waals surface area (Å²) in [5.41, 5.74) is 0.103. The van der Waals surface area contributed by atoms with Crippen molar-refractivity contribution in [1.82, 2.24) is 0 Å². The van der Waals surface area contributed by atoms with E-state index >= 15 is 0 Å². The first-order valence-electron chi connectivity index (χ1n) is 4.98. The van der Waals surface area contributed by atoms with Gasteiger partial charge in [-0.05, 0) is 35.7 Å². The third kappa shape index (κ3) is 2.99. The maximum absolute atomic E-state index is 13.3. The fourth-order valence-corrected chi connectivity index (χ4v) is 2.44. The Balaban J connectivity index is 2.27. The van der Waals surface area contributed by atoms with Gasteiger partial charge in [0.25, 0.3) is 0 Å². The highest BCUT2D eigenvalue weighted by atomic mass is 35.5.